The topological polar surface area (TPSA) is 86.8 Å². The molecule has 2 atom stereocenters. The summed E-state index contributed by atoms with van der Waals surface area (Å²) < 4.78 is 28.9. The molecule has 3 rings (SSSR count). The van der Waals surface area contributed by atoms with Crippen molar-refractivity contribution in [3.05, 3.63) is 96.1 Å². The number of hydrogen-bond acceptors (Lipinski definition) is 4. The average Bonchev–Trinajstić information content (AvgIpc) is 2.94. The van der Waals surface area contributed by atoms with E-state index in [0.29, 0.717) is 12.1 Å². The molecule has 7 nitrogen and oxygen atoms in total. The van der Waals surface area contributed by atoms with Crippen molar-refractivity contribution < 1.29 is 18.0 Å². The highest BCUT2D eigenvalue weighted by Gasteiger charge is 2.33. The second kappa shape index (κ2) is 13.2. The first-order chi connectivity index (χ1) is 18.2. The summed E-state index contributed by atoms with van der Waals surface area (Å²) in [6.07, 6.45) is 1.34. The molecule has 0 heterocycles. The number of para-hydroxylation sites is 1. The summed E-state index contributed by atoms with van der Waals surface area (Å²) >= 11 is 0. The highest BCUT2D eigenvalue weighted by atomic mass is 32.2. The third-order valence-corrected chi connectivity index (χ3v) is 8.39. The fourth-order valence-electron chi connectivity index (χ4n) is 4.11. The fraction of sp³-hybridized carbons (Fsp3) is 0.333. The highest BCUT2D eigenvalue weighted by Crippen LogP contribution is 2.28. The van der Waals surface area contributed by atoms with Gasteiger partial charge in [-0.2, -0.15) is 0 Å². The molecular weight excluding hydrogens is 498 g/mol. The molecule has 0 bridgehead atoms. The molecule has 0 unspecified atom stereocenters. The number of rotatable bonds is 12. The number of nitrogens with one attached hydrogen (secondary N) is 1. The van der Waals surface area contributed by atoms with Gasteiger partial charge in [0.2, 0.25) is 11.8 Å². The Morgan fingerprint density at radius 3 is 2.03 bits per heavy atom. The largest absolute Gasteiger partial charge is 0.352 e. The highest BCUT2D eigenvalue weighted by molar-refractivity contribution is 7.92. The van der Waals surface area contributed by atoms with Gasteiger partial charge in [-0.3, -0.25) is 13.9 Å². The van der Waals surface area contributed by atoms with Crippen molar-refractivity contribution in [3.63, 3.8) is 0 Å². The summed E-state index contributed by atoms with van der Waals surface area (Å²) in [5.41, 5.74) is 2.09. The summed E-state index contributed by atoms with van der Waals surface area (Å²) in [4.78, 5) is 28.6. The predicted molar refractivity (Wildman–Crippen MR) is 151 cm³/mol. The van der Waals surface area contributed by atoms with Crippen molar-refractivity contribution >= 4 is 27.5 Å². The number of benzene rings is 3. The van der Waals surface area contributed by atoms with Crippen LogP contribution in [0.3, 0.4) is 0 Å². The maximum atomic E-state index is 13.9. The van der Waals surface area contributed by atoms with E-state index in [1.165, 1.54) is 21.3 Å². The van der Waals surface area contributed by atoms with Crippen molar-refractivity contribution in [1.82, 2.24) is 10.2 Å². The fourth-order valence-corrected chi connectivity index (χ4v) is 5.59. The average molecular weight is 536 g/mol. The molecule has 0 aliphatic rings. The molecule has 0 radical (unpaired) electrons. The molecule has 0 spiro atoms. The van der Waals surface area contributed by atoms with Gasteiger partial charge < -0.3 is 10.2 Å². The van der Waals surface area contributed by atoms with Crippen LogP contribution in [0.4, 0.5) is 5.69 Å². The minimum Gasteiger partial charge on any atom is -0.352 e. The van der Waals surface area contributed by atoms with E-state index < -0.39 is 28.5 Å². The summed E-state index contributed by atoms with van der Waals surface area (Å²) in [5, 5.41) is 2.95. The summed E-state index contributed by atoms with van der Waals surface area (Å²) in [7, 11) is -4.07. The lowest BCUT2D eigenvalue weighted by Crippen LogP contribution is -2.52. The first-order valence-electron chi connectivity index (χ1n) is 13.0. The Morgan fingerprint density at radius 2 is 1.42 bits per heavy atom. The molecule has 0 saturated heterocycles. The van der Waals surface area contributed by atoms with Crippen molar-refractivity contribution in [2.24, 2.45) is 0 Å². The molecule has 0 saturated carbocycles. The summed E-state index contributed by atoms with van der Waals surface area (Å²) in [5.74, 6) is -0.749. The van der Waals surface area contributed by atoms with E-state index in [-0.39, 0.29) is 23.4 Å². The van der Waals surface area contributed by atoms with Gasteiger partial charge in [0.05, 0.1) is 10.6 Å². The zero-order chi connectivity index (χ0) is 27.7. The minimum absolute atomic E-state index is 0.0509. The molecule has 38 heavy (non-hydrogen) atoms. The first-order valence-corrected chi connectivity index (χ1v) is 14.4. The third kappa shape index (κ3) is 7.01. The quantitative estimate of drug-likeness (QED) is 0.362. The van der Waals surface area contributed by atoms with Crippen LogP contribution in [-0.2, 0) is 32.6 Å². The van der Waals surface area contributed by atoms with E-state index in [1.54, 1.807) is 37.3 Å². The number of sulfonamides is 1. The first kappa shape index (κ1) is 28.9. The smallest absolute Gasteiger partial charge is 0.264 e. The maximum absolute atomic E-state index is 13.9. The van der Waals surface area contributed by atoms with E-state index in [0.717, 1.165) is 17.5 Å². The van der Waals surface area contributed by atoms with Crippen molar-refractivity contribution in [2.45, 2.75) is 64.1 Å². The molecule has 3 aromatic carbocycles. The molecule has 8 heteroatoms. The molecule has 0 aliphatic carbocycles. The molecule has 0 fully saturated rings. The van der Waals surface area contributed by atoms with Gasteiger partial charge in [-0.15, -0.1) is 0 Å². The number of anilines is 1. The number of hydrogen-bond donors (Lipinski definition) is 1. The van der Waals surface area contributed by atoms with Gasteiger partial charge in [0, 0.05) is 12.6 Å². The molecule has 1 N–H and O–H groups in total. The SMILES string of the molecule is CCc1ccccc1N(CC(=O)N(Cc1ccccc1)[C@H](C)C(=O)N[C@@H](C)CC)S(=O)(=O)c1ccccc1. The zero-order valence-corrected chi connectivity index (χ0v) is 23.3. The Balaban J connectivity index is 2.03. The zero-order valence-electron chi connectivity index (χ0n) is 22.5. The van der Waals surface area contributed by atoms with E-state index >= 15 is 0 Å². The van der Waals surface area contributed by atoms with E-state index in [4.69, 9.17) is 0 Å². The Morgan fingerprint density at radius 1 is 0.842 bits per heavy atom. The van der Waals surface area contributed by atoms with Crippen molar-refractivity contribution in [3.8, 4) is 0 Å². The van der Waals surface area contributed by atoms with Gasteiger partial charge in [0.1, 0.15) is 12.6 Å². The van der Waals surface area contributed by atoms with Gasteiger partial charge in [-0.05, 0) is 56.0 Å². The van der Waals surface area contributed by atoms with Crippen LogP contribution in [0, 0.1) is 0 Å². The molecule has 0 aliphatic heterocycles. The van der Waals surface area contributed by atoms with Crippen LogP contribution in [0.15, 0.2) is 89.8 Å². The van der Waals surface area contributed by atoms with Crippen molar-refractivity contribution in [2.75, 3.05) is 10.8 Å². The molecule has 3 aromatic rings. The lowest BCUT2D eigenvalue weighted by Gasteiger charge is -2.33. The van der Waals surface area contributed by atoms with Crippen LogP contribution in [-0.4, -0.2) is 43.8 Å². The summed E-state index contributed by atoms with van der Waals surface area (Å²) in [6, 6.07) is 23.8. The normalized spacial score (nSPS) is 12.8. The van der Waals surface area contributed by atoms with E-state index in [1.807, 2.05) is 63.2 Å². The van der Waals surface area contributed by atoms with Gasteiger partial charge in [0.15, 0.2) is 0 Å². The second-order valence-corrected chi connectivity index (χ2v) is 11.2. The van der Waals surface area contributed by atoms with Crippen LogP contribution in [0.5, 0.6) is 0 Å². The Kier molecular flexibility index (Phi) is 10.1. The second-order valence-electron chi connectivity index (χ2n) is 9.31. The standard InChI is InChI=1S/C30H37N3O4S/c1-5-23(3)31-30(35)24(4)32(21-25-15-9-7-10-16-25)29(34)22-33(28-20-14-13-17-26(28)6-2)38(36,37)27-18-11-8-12-19-27/h7-20,23-24H,5-6,21-22H2,1-4H3,(H,31,35)/t23-,24+/m0/s1. The number of carbonyl (C=O) groups is 2. The van der Waals surface area contributed by atoms with Crippen LogP contribution < -0.4 is 9.62 Å². The third-order valence-electron chi connectivity index (χ3n) is 6.62. The van der Waals surface area contributed by atoms with Crippen molar-refractivity contribution in [1.29, 1.82) is 0 Å². The number of aryl methyl sites for hydroxylation is 1. The lowest BCUT2D eigenvalue weighted by atomic mass is 10.1. The van der Waals surface area contributed by atoms with Gasteiger partial charge >= 0.3 is 0 Å². The molecule has 202 valence electrons. The van der Waals surface area contributed by atoms with Crippen LogP contribution in [0.2, 0.25) is 0 Å². The molecule has 2 amide bonds. The number of amides is 2. The van der Waals surface area contributed by atoms with Gasteiger partial charge in [-0.1, -0.05) is 80.6 Å². The number of nitrogens with zero attached hydrogens (tertiary/aromatic N) is 2. The van der Waals surface area contributed by atoms with E-state index in [9.17, 15) is 18.0 Å². The predicted octanol–water partition coefficient (Wildman–Crippen LogP) is 4.78. The van der Waals surface area contributed by atoms with Gasteiger partial charge in [0.25, 0.3) is 10.0 Å². The maximum Gasteiger partial charge on any atom is 0.264 e. The van der Waals surface area contributed by atoms with Crippen LogP contribution >= 0.6 is 0 Å². The summed E-state index contributed by atoms with van der Waals surface area (Å²) in [6.45, 7) is 7.22. The Bertz CT molecular complexity index is 1310. The lowest BCUT2D eigenvalue weighted by molar-refractivity contribution is -0.139. The van der Waals surface area contributed by atoms with Crippen LogP contribution in [0.25, 0.3) is 0 Å². The monoisotopic (exact) mass is 535 g/mol. The molecular formula is C30H37N3O4S. The molecule has 0 aromatic heterocycles. The Labute approximate surface area is 226 Å². The minimum atomic E-state index is -4.07. The Hall–Kier alpha value is -3.65. The van der Waals surface area contributed by atoms with E-state index in [2.05, 4.69) is 5.32 Å². The van der Waals surface area contributed by atoms with Crippen LogP contribution in [0.1, 0.15) is 45.2 Å². The van der Waals surface area contributed by atoms with Gasteiger partial charge in [-0.25, -0.2) is 8.42 Å². The number of carbonyl (C=O) groups excluding carboxylic acids is 2.